The van der Waals surface area contributed by atoms with Gasteiger partial charge in [-0.25, -0.2) is 0 Å². The number of rotatable bonds is 7. The summed E-state index contributed by atoms with van der Waals surface area (Å²) < 4.78 is 5.72. The molecule has 1 fully saturated rings. The van der Waals surface area contributed by atoms with Gasteiger partial charge >= 0.3 is 0 Å². The molecule has 1 atom stereocenters. The summed E-state index contributed by atoms with van der Waals surface area (Å²) in [5.74, 6) is 0.915. The van der Waals surface area contributed by atoms with Crippen molar-refractivity contribution in [2.24, 2.45) is 0 Å². The maximum Gasteiger partial charge on any atom is 0.119 e. The van der Waals surface area contributed by atoms with Crippen molar-refractivity contribution in [2.45, 2.75) is 44.3 Å². The fourth-order valence-electron chi connectivity index (χ4n) is 2.46. The number of hydrogen-bond donors (Lipinski definition) is 1. The molecule has 1 saturated carbocycles. The van der Waals surface area contributed by atoms with Crippen molar-refractivity contribution >= 4 is 0 Å². The molecule has 0 spiro atoms. The molecule has 1 unspecified atom stereocenters. The first kappa shape index (κ1) is 14.2. The summed E-state index contributed by atoms with van der Waals surface area (Å²) in [6, 6.07) is 18.3. The summed E-state index contributed by atoms with van der Waals surface area (Å²) in [5.41, 5.74) is 2.31. The molecule has 3 rings (SSSR count). The van der Waals surface area contributed by atoms with Crippen LogP contribution in [-0.4, -0.2) is 11.2 Å². The fourth-order valence-corrected chi connectivity index (χ4v) is 2.46. The smallest absolute Gasteiger partial charge is 0.119 e. The summed E-state index contributed by atoms with van der Waals surface area (Å²) in [7, 11) is 0. The highest BCUT2D eigenvalue weighted by molar-refractivity contribution is 5.29. The fraction of sp³-hybridized carbons (Fsp3) is 0.368. The predicted octanol–water partition coefficient (Wildman–Crippen LogP) is 4.28. The minimum atomic E-state index is -0.385. The normalized spacial score (nSPS) is 15.7. The molecule has 0 saturated heterocycles. The van der Waals surface area contributed by atoms with Gasteiger partial charge in [-0.15, -0.1) is 0 Å². The molecule has 2 heteroatoms. The molecule has 0 amide bonds. The Balaban J connectivity index is 1.46. The second-order valence-corrected chi connectivity index (χ2v) is 5.78. The van der Waals surface area contributed by atoms with E-state index >= 15 is 0 Å². The van der Waals surface area contributed by atoms with Crippen molar-refractivity contribution < 1.29 is 9.84 Å². The maximum absolute atomic E-state index is 10.2. The van der Waals surface area contributed by atoms with E-state index in [1.165, 1.54) is 18.4 Å². The molecule has 2 aromatic carbocycles. The van der Waals surface area contributed by atoms with E-state index in [1.54, 1.807) is 0 Å². The summed E-state index contributed by atoms with van der Waals surface area (Å²) in [5, 5.41) is 10.2. The van der Waals surface area contributed by atoms with E-state index in [2.05, 4.69) is 24.3 Å². The van der Waals surface area contributed by atoms with Gasteiger partial charge in [-0.1, -0.05) is 42.5 Å². The molecular weight excluding hydrogens is 260 g/mol. The van der Waals surface area contributed by atoms with Gasteiger partial charge in [-0.05, 0) is 55.4 Å². The van der Waals surface area contributed by atoms with E-state index in [4.69, 9.17) is 4.74 Å². The zero-order chi connectivity index (χ0) is 14.5. The lowest BCUT2D eigenvalue weighted by molar-refractivity contribution is 0.164. The summed E-state index contributed by atoms with van der Waals surface area (Å²) >= 11 is 0. The third-order valence-corrected chi connectivity index (χ3v) is 3.88. The highest BCUT2D eigenvalue weighted by Crippen LogP contribution is 2.28. The minimum absolute atomic E-state index is 0.385. The quantitative estimate of drug-likeness (QED) is 0.821. The van der Waals surface area contributed by atoms with Gasteiger partial charge in [0.05, 0.1) is 12.2 Å². The lowest BCUT2D eigenvalue weighted by Crippen LogP contribution is -2.00. The Hall–Kier alpha value is -1.80. The lowest BCUT2D eigenvalue weighted by atomic mass is 10.0. The molecule has 1 aliphatic carbocycles. The highest BCUT2D eigenvalue weighted by Gasteiger charge is 2.23. The Bertz CT molecular complexity index is 544. The first-order valence-electron chi connectivity index (χ1n) is 7.80. The van der Waals surface area contributed by atoms with E-state index in [-0.39, 0.29) is 6.10 Å². The molecule has 21 heavy (non-hydrogen) atoms. The van der Waals surface area contributed by atoms with Crippen LogP contribution in [0.5, 0.6) is 5.75 Å². The van der Waals surface area contributed by atoms with Crippen LogP contribution >= 0.6 is 0 Å². The number of aryl methyl sites for hydroxylation is 1. The van der Waals surface area contributed by atoms with Crippen molar-refractivity contribution in [3.63, 3.8) is 0 Å². The summed E-state index contributed by atoms with van der Waals surface area (Å²) in [4.78, 5) is 0. The average molecular weight is 282 g/mol. The van der Waals surface area contributed by atoms with E-state index in [9.17, 15) is 5.11 Å². The topological polar surface area (TPSA) is 29.5 Å². The van der Waals surface area contributed by atoms with Gasteiger partial charge in [-0.2, -0.15) is 0 Å². The molecule has 0 aliphatic heterocycles. The minimum Gasteiger partial charge on any atom is -0.490 e. The van der Waals surface area contributed by atoms with Crippen LogP contribution in [0.15, 0.2) is 54.6 Å². The molecule has 0 heterocycles. The van der Waals surface area contributed by atoms with Gasteiger partial charge in [0.25, 0.3) is 0 Å². The van der Waals surface area contributed by atoms with Gasteiger partial charge in [0.15, 0.2) is 0 Å². The highest BCUT2D eigenvalue weighted by atomic mass is 16.5. The van der Waals surface area contributed by atoms with Crippen molar-refractivity contribution in [3.05, 3.63) is 65.7 Å². The molecular formula is C19H22O2. The van der Waals surface area contributed by atoms with Gasteiger partial charge in [-0.3, -0.25) is 0 Å². The standard InChI is InChI=1S/C19H22O2/c20-19(8-4-7-15-5-2-1-3-6-15)16-9-11-17(12-10-16)21-18-13-14-18/h1-3,5-6,9-12,18-20H,4,7-8,13-14H2. The van der Waals surface area contributed by atoms with Gasteiger partial charge < -0.3 is 9.84 Å². The molecule has 1 N–H and O–H groups in total. The Morgan fingerprint density at radius 1 is 1.00 bits per heavy atom. The Kier molecular flexibility index (Phi) is 4.56. The predicted molar refractivity (Wildman–Crippen MR) is 84.4 cm³/mol. The molecule has 2 aromatic rings. The number of aliphatic hydroxyl groups excluding tert-OH is 1. The van der Waals surface area contributed by atoms with Crippen LogP contribution in [0.25, 0.3) is 0 Å². The van der Waals surface area contributed by atoms with Crippen LogP contribution in [0.1, 0.15) is 42.9 Å². The van der Waals surface area contributed by atoms with Crippen molar-refractivity contribution in [3.8, 4) is 5.75 Å². The summed E-state index contributed by atoms with van der Waals surface area (Å²) in [6.07, 6.45) is 5.17. The van der Waals surface area contributed by atoms with Crippen LogP contribution in [0, 0.1) is 0 Å². The van der Waals surface area contributed by atoms with Crippen molar-refractivity contribution in [2.75, 3.05) is 0 Å². The molecule has 110 valence electrons. The first-order chi connectivity index (χ1) is 10.3. The van der Waals surface area contributed by atoms with Gasteiger partial charge in [0.1, 0.15) is 5.75 Å². The second-order valence-electron chi connectivity index (χ2n) is 5.78. The molecule has 2 nitrogen and oxygen atoms in total. The Labute approximate surface area is 126 Å². The third kappa shape index (κ3) is 4.33. The van der Waals surface area contributed by atoms with Gasteiger partial charge in [0, 0.05) is 0 Å². The van der Waals surface area contributed by atoms with Crippen LogP contribution < -0.4 is 4.74 Å². The lowest BCUT2D eigenvalue weighted by Gasteiger charge is -2.12. The molecule has 0 aromatic heterocycles. The molecule has 1 aliphatic rings. The van der Waals surface area contributed by atoms with E-state index < -0.39 is 0 Å². The van der Waals surface area contributed by atoms with Crippen LogP contribution in [0.3, 0.4) is 0 Å². The number of benzene rings is 2. The largest absolute Gasteiger partial charge is 0.490 e. The van der Waals surface area contributed by atoms with Crippen molar-refractivity contribution in [1.82, 2.24) is 0 Å². The number of aliphatic hydroxyl groups is 1. The number of ether oxygens (including phenoxy) is 1. The van der Waals surface area contributed by atoms with E-state index in [0.29, 0.717) is 6.10 Å². The van der Waals surface area contributed by atoms with Crippen LogP contribution in [0.4, 0.5) is 0 Å². The maximum atomic E-state index is 10.2. The van der Waals surface area contributed by atoms with Crippen molar-refractivity contribution in [1.29, 1.82) is 0 Å². The van der Waals surface area contributed by atoms with Crippen LogP contribution in [0.2, 0.25) is 0 Å². The SMILES string of the molecule is OC(CCCc1ccccc1)c1ccc(OC2CC2)cc1. The first-order valence-corrected chi connectivity index (χ1v) is 7.80. The molecule has 0 radical (unpaired) electrons. The van der Waals surface area contributed by atoms with Crippen LogP contribution in [-0.2, 0) is 6.42 Å². The monoisotopic (exact) mass is 282 g/mol. The Morgan fingerprint density at radius 3 is 2.38 bits per heavy atom. The third-order valence-electron chi connectivity index (χ3n) is 3.88. The second kappa shape index (κ2) is 6.77. The number of hydrogen-bond acceptors (Lipinski definition) is 2. The zero-order valence-corrected chi connectivity index (χ0v) is 12.2. The molecule has 0 bridgehead atoms. The Morgan fingerprint density at radius 2 is 1.71 bits per heavy atom. The average Bonchev–Trinajstić information content (AvgIpc) is 3.33. The zero-order valence-electron chi connectivity index (χ0n) is 12.2. The van der Waals surface area contributed by atoms with E-state index in [0.717, 1.165) is 30.6 Å². The van der Waals surface area contributed by atoms with Gasteiger partial charge in [0.2, 0.25) is 0 Å². The van der Waals surface area contributed by atoms with E-state index in [1.807, 2.05) is 30.3 Å². The summed E-state index contributed by atoms with van der Waals surface area (Å²) in [6.45, 7) is 0.